The smallest absolute Gasteiger partial charge is 0.416 e. The number of carbonyl (C=O) groups excluding carboxylic acids is 1. The molecule has 0 bridgehead atoms. The van der Waals surface area contributed by atoms with Crippen LogP contribution in [0.25, 0.3) is 22.0 Å². The number of anilines is 2. The van der Waals surface area contributed by atoms with Crippen molar-refractivity contribution < 1.29 is 22.7 Å². The van der Waals surface area contributed by atoms with Crippen LogP contribution in [0.15, 0.2) is 60.8 Å². The molecule has 1 aromatic heterocycles. The molecule has 38 heavy (non-hydrogen) atoms. The number of carbonyl (C=O) groups is 1. The third-order valence-corrected chi connectivity index (χ3v) is 6.77. The molecule has 3 aromatic carbocycles. The zero-order chi connectivity index (χ0) is 27.0. The normalized spacial score (nSPS) is 14.3. The first-order valence-corrected chi connectivity index (χ1v) is 12.4. The number of amides is 1. The van der Waals surface area contributed by atoms with Crippen molar-refractivity contribution in [2.75, 3.05) is 17.7 Å². The number of aromatic nitrogens is 2. The molecule has 5 rings (SSSR count). The average Bonchev–Trinajstić information content (AvgIpc) is 3.74. The van der Waals surface area contributed by atoms with Crippen LogP contribution in [0.3, 0.4) is 0 Å². The second-order valence-corrected chi connectivity index (χ2v) is 9.57. The van der Waals surface area contributed by atoms with Crippen LogP contribution in [0.5, 0.6) is 5.75 Å². The summed E-state index contributed by atoms with van der Waals surface area (Å²) >= 11 is 0. The lowest BCUT2D eigenvalue weighted by Gasteiger charge is -2.19. The SMILES string of the molecule is CNc1ncc2cc(-c3cc(C(=O)Nc4cc(C(F)(F)F)ccc4OC(C)C4CC4)ccc3C)ccc2n1. The lowest BCUT2D eigenvalue weighted by atomic mass is 9.97. The van der Waals surface area contributed by atoms with Gasteiger partial charge in [0.15, 0.2) is 0 Å². The van der Waals surface area contributed by atoms with Gasteiger partial charge in [-0.25, -0.2) is 9.97 Å². The van der Waals surface area contributed by atoms with Gasteiger partial charge in [-0.15, -0.1) is 0 Å². The molecular formula is C29H27F3N4O2. The number of fused-ring (bicyclic) bond motifs is 1. The maximum Gasteiger partial charge on any atom is 0.416 e. The van der Waals surface area contributed by atoms with Crippen LogP contribution >= 0.6 is 0 Å². The van der Waals surface area contributed by atoms with Crippen LogP contribution in [0.4, 0.5) is 24.8 Å². The number of hydrogen-bond acceptors (Lipinski definition) is 5. The summed E-state index contributed by atoms with van der Waals surface area (Å²) in [6.07, 6.45) is -0.943. The Hall–Kier alpha value is -4.14. The highest BCUT2D eigenvalue weighted by molar-refractivity contribution is 6.06. The molecule has 1 saturated carbocycles. The molecule has 0 radical (unpaired) electrons. The van der Waals surface area contributed by atoms with E-state index in [-0.39, 0.29) is 17.5 Å². The zero-order valence-corrected chi connectivity index (χ0v) is 21.2. The molecule has 1 heterocycles. The highest BCUT2D eigenvalue weighted by Gasteiger charge is 2.33. The predicted molar refractivity (Wildman–Crippen MR) is 141 cm³/mol. The van der Waals surface area contributed by atoms with Crippen LogP contribution in [-0.2, 0) is 6.18 Å². The Morgan fingerprint density at radius 1 is 1.08 bits per heavy atom. The van der Waals surface area contributed by atoms with Gasteiger partial charge >= 0.3 is 6.18 Å². The zero-order valence-electron chi connectivity index (χ0n) is 21.2. The molecule has 0 aliphatic heterocycles. The fraction of sp³-hybridized carbons (Fsp3) is 0.276. The molecule has 1 unspecified atom stereocenters. The van der Waals surface area contributed by atoms with E-state index >= 15 is 0 Å². The monoisotopic (exact) mass is 520 g/mol. The predicted octanol–water partition coefficient (Wildman–Crippen LogP) is 7.10. The van der Waals surface area contributed by atoms with Gasteiger partial charge in [0, 0.05) is 24.2 Å². The molecule has 4 aromatic rings. The van der Waals surface area contributed by atoms with Crippen molar-refractivity contribution in [2.45, 2.75) is 39.0 Å². The van der Waals surface area contributed by atoms with Crippen LogP contribution in [-0.4, -0.2) is 29.0 Å². The summed E-state index contributed by atoms with van der Waals surface area (Å²) in [5, 5.41) is 6.40. The molecular weight excluding hydrogens is 493 g/mol. The fourth-order valence-electron chi connectivity index (χ4n) is 4.36. The molecule has 1 amide bonds. The van der Waals surface area contributed by atoms with E-state index in [1.54, 1.807) is 25.4 Å². The van der Waals surface area contributed by atoms with E-state index in [4.69, 9.17) is 4.74 Å². The summed E-state index contributed by atoms with van der Waals surface area (Å²) < 4.78 is 46.2. The number of hydrogen-bond donors (Lipinski definition) is 2. The second kappa shape index (κ2) is 9.96. The van der Waals surface area contributed by atoms with Crippen molar-refractivity contribution in [3.63, 3.8) is 0 Å². The maximum atomic E-state index is 13.4. The highest BCUT2D eigenvalue weighted by atomic mass is 19.4. The van der Waals surface area contributed by atoms with E-state index in [0.717, 1.165) is 52.6 Å². The molecule has 0 spiro atoms. The maximum absolute atomic E-state index is 13.4. The quantitative estimate of drug-likeness (QED) is 0.272. The molecule has 9 heteroatoms. The number of rotatable bonds is 7. The minimum Gasteiger partial charge on any atom is -0.488 e. The third kappa shape index (κ3) is 5.41. The van der Waals surface area contributed by atoms with Gasteiger partial charge in [-0.2, -0.15) is 13.2 Å². The number of nitrogens with one attached hydrogen (secondary N) is 2. The number of halogens is 3. The Labute approximate surface area is 218 Å². The summed E-state index contributed by atoms with van der Waals surface area (Å²) in [4.78, 5) is 22.0. The first kappa shape index (κ1) is 25.5. The van der Waals surface area contributed by atoms with Crippen LogP contribution in [0.1, 0.15) is 41.3 Å². The van der Waals surface area contributed by atoms with Gasteiger partial charge in [0.2, 0.25) is 5.95 Å². The van der Waals surface area contributed by atoms with Crippen LogP contribution < -0.4 is 15.4 Å². The van der Waals surface area contributed by atoms with E-state index in [0.29, 0.717) is 17.4 Å². The number of nitrogens with zero attached hydrogens (tertiary/aromatic N) is 2. The molecule has 196 valence electrons. The van der Waals surface area contributed by atoms with E-state index < -0.39 is 17.6 Å². The van der Waals surface area contributed by atoms with E-state index in [9.17, 15) is 18.0 Å². The second-order valence-electron chi connectivity index (χ2n) is 9.57. The van der Waals surface area contributed by atoms with Gasteiger partial charge in [-0.05, 0) is 91.8 Å². The van der Waals surface area contributed by atoms with Gasteiger partial charge in [0.25, 0.3) is 5.91 Å². The number of ether oxygens (including phenoxy) is 1. The van der Waals surface area contributed by atoms with Gasteiger partial charge in [0.05, 0.1) is 22.9 Å². The Morgan fingerprint density at radius 2 is 1.87 bits per heavy atom. The number of benzene rings is 3. The van der Waals surface area contributed by atoms with E-state index in [1.807, 2.05) is 38.1 Å². The van der Waals surface area contributed by atoms with Crippen molar-refractivity contribution in [3.8, 4) is 16.9 Å². The van der Waals surface area contributed by atoms with Crippen LogP contribution in [0.2, 0.25) is 0 Å². The Kier molecular flexibility index (Phi) is 6.69. The largest absolute Gasteiger partial charge is 0.488 e. The summed E-state index contributed by atoms with van der Waals surface area (Å²) in [7, 11) is 1.75. The lowest BCUT2D eigenvalue weighted by molar-refractivity contribution is -0.137. The molecule has 6 nitrogen and oxygen atoms in total. The minimum atomic E-state index is -4.55. The van der Waals surface area contributed by atoms with E-state index in [2.05, 4.69) is 20.6 Å². The fourth-order valence-corrected chi connectivity index (χ4v) is 4.36. The molecule has 1 atom stereocenters. The summed E-state index contributed by atoms with van der Waals surface area (Å²) in [5.74, 6) is 0.577. The van der Waals surface area contributed by atoms with Crippen LogP contribution in [0, 0.1) is 12.8 Å². The Balaban J connectivity index is 1.45. The standard InChI is InChI=1S/C29H27F3N4O2/c1-16-4-5-20(13-23(16)19-8-10-24-21(12-19)15-34-28(33-3)36-24)27(37)35-25-14-22(29(30,31)32)9-11-26(25)38-17(2)18-6-7-18/h4-5,8-15,17-18H,6-7H2,1-3H3,(H,35,37)(H,33,34,36). The van der Waals surface area contributed by atoms with Crippen molar-refractivity contribution >= 4 is 28.4 Å². The number of alkyl halides is 3. The Morgan fingerprint density at radius 3 is 2.58 bits per heavy atom. The minimum absolute atomic E-state index is 0.0114. The topological polar surface area (TPSA) is 76.1 Å². The lowest BCUT2D eigenvalue weighted by Crippen LogP contribution is -2.18. The van der Waals surface area contributed by atoms with Crippen molar-refractivity contribution in [1.29, 1.82) is 0 Å². The number of aryl methyl sites for hydroxylation is 1. The summed E-state index contributed by atoms with van der Waals surface area (Å²) in [5.41, 5.74) is 2.84. The van der Waals surface area contributed by atoms with Gasteiger partial charge in [0.1, 0.15) is 5.75 Å². The molecule has 1 fully saturated rings. The molecule has 2 N–H and O–H groups in total. The average molecular weight is 521 g/mol. The molecule has 1 aliphatic carbocycles. The van der Waals surface area contributed by atoms with Gasteiger partial charge in [-0.3, -0.25) is 4.79 Å². The van der Waals surface area contributed by atoms with E-state index in [1.165, 1.54) is 6.07 Å². The van der Waals surface area contributed by atoms with Crippen molar-refractivity contribution in [3.05, 3.63) is 77.5 Å². The highest BCUT2D eigenvalue weighted by Crippen LogP contribution is 2.39. The first-order valence-electron chi connectivity index (χ1n) is 12.4. The first-order chi connectivity index (χ1) is 18.1. The summed E-state index contributed by atoms with van der Waals surface area (Å²) in [6.45, 7) is 3.82. The van der Waals surface area contributed by atoms with Gasteiger partial charge in [-0.1, -0.05) is 12.1 Å². The summed E-state index contributed by atoms with van der Waals surface area (Å²) in [6, 6.07) is 14.1. The third-order valence-electron chi connectivity index (χ3n) is 6.77. The van der Waals surface area contributed by atoms with Crippen molar-refractivity contribution in [1.82, 2.24) is 9.97 Å². The Bertz CT molecular complexity index is 1520. The molecule has 0 saturated heterocycles. The van der Waals surface area contributed by atoms with Crippen molar-refractivity contribution in [2.24, 2.45) is 5.92 Å². The molecule has 1 aliphatic rings. The van der Waals surface area contributed by atoms with Gasteiger partial charge < -0.3 is 15.4 Å².